The second-order valence-corrected chi connectivity index (χ2v) is 5.26. The van der Waals surface area contributed by atoms with Gasteiger partial charge in [-0.25, -0.2) is 0 Å². The van der Waals surface area contributed by atoms with Crippen molar-refractivity contribution >= 4 is 5.91 Å². The minimum atomic E-state index is 0.106. The average molecular weight is 263 g/mol. The highest BCUT2D eigenvalue weighted by Crippen LogP contribution is 2.30. The molecule has 106 valence electrons. The fourth-order valence-electron chi connectivity index (χ4n) is 2.78. The summed E-state index contributed by atoms with van der Waals surface area (Å²) in [5.74, 6) is 0.106. The third-order valence-corrected chi connectivity index (χ3v) is 3.66. The molecule has 4 heteroatoms. The molecule has 2 N–H and O–H groups in total. The van der Waals surface area contributed by atoms with Gasteiger partial charge in [0.25, 0.3) is 0 Å². The SMILES string of the molecule is CCCNC(=O)Cn1cc2c(c1)C(NCC)CCC2. The Morgan fingerprint density at radius 1 is 1.42 bits per heavy atom. The molecule has 0 fully saturated rings. The normalized spacial score (nSPS) is 18.1. The van der Waals surface area contributed by atoms with Crippen molar-refractivity contribution in [1.29, 1.82) is 0 Å². The molecule has 1 amide bonds. The lowest BCUT2D eigenvalue weighted by molar-refractivity contribution is -0.121. The van der Waals surface area contributed by atoms with Crippen LogP contribution in [-0.4, -0.2) is 23.6 Å². The molecule has 1 heterocycles. The highest BCUT2D eigenvalue weighted by molar-refractivity contribution is 5.75. The van der Waals surface area contributed by atoms with Crippen LogP contribution in [0.3, 0.4) is 0 Å². The molecule has 1 aliphatic rings. The van der Waals surface area contributed by atoms with Crippen LogP contribution in [0.25, 0.3) is 0 Å². The van der Waals surface area contributed by atoms with Gasteiger partial charge in [0.2, 0.25) is 5.91 Å². The fraction of sp³-hybridized carbons (Fsp3) is 0.667. The first-order chi connectivity index (χ1) is 9.24. The Morgan fingerprint density at radius 3 is 3.00 bits per heavy atom. The Morgan fingerprint density at radius 2 is 2.26 bits per heavy atom. The van der Waals surface area contributed by atoms with Gasteiger partial charge in [0.05, 0.1) is 0 Å². The summed E-state index contributed by atoms with van der Waals surface area (Å²) < 4.78 is 2.03. The second-order valence-electron chi connectivity index (χ2n) is 5.26. The molecule has 0 bridgehead atoms. The van der Waals surface area contributed by atoms with E-state index in [1.807, 2.05) is 4.57 Å². The highest BCUT2D eigenvalue weighted by Gasteiger charge is 2.21. The van der Waals surface area contributed by atoms with Crippen molar-refractivity contribution in [1.82, 2.24) is 15.2 Å². The molecule has 1 atom stereocenters. The monoisotopic (exact) mass is 263 g/mol. The van der Waals surface area contributed by atoms with E-state index in [2.05, 4.69) is 36.9 Å². The number of nitrogens with zero attached hydrogens (tertiary/aromatic N) is 1. The van der Waals surface area contributed by atoms with Gasteiger partial charge in [-0.3, -0.25) is 4.79 Å². The van der Waals surface area contributed by atoms with Crippen molar-refractivity contribution in [2.45, 2.75) is 52.1 Å². The standard InChI is InChI=1S/C15H25N3O/c1-3-8-17-15(19)11-18-9-12-6-5-7-14(16-4-2)13(12)10-18/h9-10,14,16H,3-8,11H2,1-2H3,(H,17,19). The van der Waals surface area contributed by atoms with E-state index >= 15 is 0 Å². The number of nitrogens with one attached hydrogen (secondary N) is 2. The first kappa shape index (κ1) is 14.1. The second kappa shape index (κ2) is 6.75. The molecule has 0 aromatic carbocycles. The Labute approximate surface area is 115 Å². The summed E-state index contributed by atoms with van der Waals surface area (Å²) >= 11 is 0. The number of amides is 1. The van der Waals surface area contributed by atoms with Crippen LogP contribution < -0.4 is 10.6 Å². The van der Waals surface area contributed by atoms with Gasteiger partial charge in [-0.05, 0) is 43.4 Å². The molecule has 19 heavy (non-hydrogen) atoms. The van der Waals surface area contributed by atoms with Gasteiger partial charge < -0.3 is 15.2 Å². The maximum absolute atomic E-state index is 11.7. The summed E-state index contributed by atoms with van der Waals surface area (Å²) in [7, 11) is 0. The highest BCUT2D eigenvalue weighted by atomic mass is 16.1. The first-order valence-corrected chi connectivity index (χ1v) is 7.43. The number of aromatic nitrogens is 1. The van der Waals surface area contributed by atoms with Crippen LogP contribution in [0.2, 0.25) is 0 Å². The zero-order valence-electron chi connectivity index (χ0n) is 12.0. The molecular formula is C15H25N3O. The number of hydrogen-bond donors (Lipinski definition) is 2. The molecule has 2 rings (SSSR count). The Balaban J connectivity index is 2.02. The molecule has 1 aromatic rings. The van der Waals surface area contributed by atoms with Crippen molar-refractivity contribution in [3.63, 3.8) is 0 Å². The van der Waals surface area contributed by atoms with Crippen LogP contribution in [0, 0.1) is 0 Å². The Hall–Kier alpha value is -1.29. The molecule has 0 spiro atoms. The summed E-state index contributed by atoms with van der Waals surface area (Å²) in [5, 5.41) is 6.45. The molecule has 0 saturated heterocycles. The predicted octanol–water partition coefficient (Wildman–Crippen LogP) is 2.00. The van der Waals surface area contributed by atoms with Crippen molar-refractivity contribution in [3.05, 3.63) is 23.5 Å². The van der Waals surface area contributed by atoms with Crippen LogP contribution in [-0.2, 0) is 17.8 Å². The minimum Gasteiger partial charge on any atom is -0.355 e. The largest absolute Gasteiger partial charge is 0.355 e. The number of rotatable bonds is 6. The Bertz CT molecular complexity index is 425. The van der Waals surface area contributed by atoms with Crippen LogP contribution in [0.15, 0.2) is 12.4 Å². The molecule has 4 nitrogen and oxygen atoms in total. The summed E-state index contributed by atoms with van der Waals surface area (Å²) in [4.78, 5) is 11.7. The van der Waals surface area contributed by atoms with Crippen molar-refractivity contribution in [3.8, 4) is 0 Å². The van der Waals surface area contributed by atoms with E-state index in [1.54, 1.807) is 0 Å². The third kappa shape index (κ3) is 3.60. The maximum atomic E-state index is 11.7. The van der Waals surface area contributed by atoms with Gasteiger partial charge in [-0.1, -0.05) is 13.8 Å². The minimum absolute atomic E-state index is 0.106. The molecule has 1 unspecified atom stereocenters. The van der Waals surface area contributed by atoms with E-state index in [9.17, 15) is 4.79 Å². The van der Waals surface area contributed by atoms with Crippen LogP contribution >= 0.6 is 0 Å². The lowest BCUT2D eigenvalue weighted by Gasteiger charge is -2.22. The van der Waals surface area contributed by atoms with Gasteiger partial charge in [0.15, 0.2) is 0 Å². The zero-order valence-corrected chi connectivity index (χ0v) is 12.0. The zero-order chi connectivity index (χ0) is 13.7. The number of carbonyl (C=O) groups excluding carboxylic acids is 1. The molecule has 1 aromatic heterocycles. The number of carbonyl (C=O) groups is 1. The van der Waals surface area contributed by atoms with E-state index in [0.29, 0.717) is 12.6 Å². The van der Waals surface area contributed by atoms with Gasteiger partial charge in [-0.2, -0.15) is 0 Å². The predicted molar refractivity (Wildman–Crippen MR) is 77.1 cm³/mol. The smallest absolute Gasteiger partial charge is 0.239 e. The maximum Gasteiger partial charge on any atom is 0.239 e. The number of hydrogen-bond acceptors (Lipinski definition) is 2. The van der Waals surface area contributed by atoms with Crippen molar-refractivity contribution < 1.29 is 4.79 Å². The van der Waals surface area contributed by atoms with E-state index in [-0.39, 0.29) is 5.91 Å². The molecule has 0 aliphatic heterocycles. The number of fused-ring (bicyclic) bond motifs is 1. The van der Waals surface area contributed by atoms with E-state index in [4.69, 9.17) is 0 Å². The van der Waals surface area contributed by atoms with Crippen LogP contribution in [0.5, 0.6) is 0 Å². The van der Waals surface area contributed by atoms with E-state index in [0.717, 1.165) is 25.9 Å². The Kier molecular flexibility index (Phi) is 5.02. The van der Waals surface area contributed by atoms with Crippen molar-refractivity contribution in [2.75, 3.05) is 13.1 Å². The molecule has 0 radical (unpaired) electrons. The molecular weight excluding hydrogens is 238 g/mol. The van der Waals surface area contributed by atoms with Gasteiger partial charge in [0, 0.05) is 25.0 Å². The van der Waals surface area contributed by atoms with E-state index < -0.39 is 0 Å². The summed E-state index contributed by atoms with van der Waals surface area (Å²) in [6, 6.07) is 0.466. The summed E-state index contributed by atoms with van der Waals surface area (Å²) in [6.07, 6.45) is 8.85. The van der Waals surface area contributed by atoms with Crippen molar-refractivity contribution in [2.24, 2.45) is 0 Å². The molecule has 0 saturated carbocycles. The fourth-order valence-corrected chi connectivity index (χ4v) is 2.78. The third-order valence-electron chi connectivity index (χ3n) is 3.66. The summed E-state index contributed by atoms with van der Waals surface area (Å²) in [6.45, 7) is 6.40. The number of aryl methyl sites for hydroxylation is 1. The molecule has 1 aliphatic carbocycles. The lowest BCUT2D eigenvalue weighted by Crippen LogP contribution is -2.27. The van der Waals surface area contributed by atoms with E-state index in [1.165, 1.54) is 24.0 Å². The van der Waals surface area contributed by atoms with Crippen LogP contribution in [0.1, 0.15) is 50.3 Å². The van der Waals surface area contributed by atoms with Crippen LogP contribution in [0.4, 0.5) is 0 Å². The quantitative estimate of drug-likeness (QED) is 0.824. The van der Waals surface area contributed by atoms with Gasteiger partial charge >= 0.3 is 0 Å². The van der Waals surface area contributed by atoms with Gasteiger partial charge in [-0.15, -0.1) is 0 Å². The average Bonchev–Trinajstić information content (AvgIpc) is 2.80. The van der Waals surface area contributed by atoms with Gasteiger partial charge in [0.1, 0.15) is 6.54 Å². The first-order valence-electron chi connectivity index (χ1n) is 7.43. The lowest BCUT2D eigenvalue weighted by atomic mass is 9.91. The summed E-state index contributed by atoms with van der Waals surface area (Å²) in [5.41, 5.74) is 2.79. The topological polar surface area (TPSA) is 46.1 Å².